The summed E-state index contributed by atoms with van der Waals surface area (Å²) in [6.45, 7) is 2.43. The minimum absolute atomic E-state index is 0.0689. The number of aromatic nitrogens is 2. The Morgan fingerprint density at radius 1 is 1.15 bits per heavy atom. The van der Waals surface area contributed by atoms with Gasteiger partial charge in [-0.1, -0.05) is 12.1 Å². The summed E-state index contributed by atoms with van der Waals surface area (Å²) in [5.41, 5.74) is 1.92. The van der Waals surface area contributed by atoms with Crippen LogP contribution in [0.5, 0.6) is 0 Å². The minimum Gasteiger partial charge on any atom is -0.444 e. The second kappa shape index (κ2) is 8.43. The first-order valence-electron chi connectivity index (χ1n) is 10.7. The lowest BCUT2D eigenvalue weighted by molar-refractivity contribution is -0.113. The molecule has 3 aromatic rings. The molecule has 0 aliphatic carbocycles. The highest BCUT2D eigenvalue weighted by atomic mass is 32.2. The second-order valence-electron chi connectivity index (χ2n) is 8.16. The average Bonchev–Trinajstić information content (AvgIpc) is 3.15. The summed E-state index contributed by atoms with van der Waals surface area (Å²) in [5, 5.41) is 3.33. The van der Waals surface area contributed by atoms with E-state index in [4.69, 9.17) is 4.74 Å². The molecule has 0 radical (unpaired) electrons. The molecular weight excluding hydrogens is 444 g/mol. The molecule has 1 saturated heterocycles. The van der Waals surface area contributed by atoms with Crippen molar-refractivity contribution in [2.75, 3.05) is 22.5 Å². The highest BCUT2D eigenvalue weighted by molar-refractivity contribution is 8.00. The standard InChI is InChI=1S/C23H22N4O5S/c1-13-4-2-6-16-20(13)21(29)26(22(30)25-16)9-3-5-15-11-27(23(31)32-15)14-7-8-18-17(10-14)24-19(28)12-33-18/h2,4,6-8,10,15H,3,5,9,11-12H2,1H3,(H,24,28)(H,25,30)/t15-/m1/s1. The van der Waals surface area contributed by atoms with Crippen LogP contribution in [0.4, 0.5) is 16.2 Å². The highest BCUT2D eigenvalue weighted by Crippen LogP contribution is 2.35. The Morgan fingerprint density at radius 2 is 2.00 bits per heavy atom. The number of amides is 2. The van der Waals surface area contributed by atoms with E-state index in [2.05, 4.69) is 10.3 Å². The molecule has 10 heteroatoms. The van der Waals surface area contributed by atoms with Gasteiger partial charge in [0.15, 0.2) is 0 Å². The molecule has 1 atom stereocenters. The summed E-state index contributed by atoms with van der Waals surface area (Å²) in [6, 6.07) is 10.8. The van der Waals surface area contributed by atoms with Gasteiger partial charge in [0, 0.05) is 17.1 Å². The number of thioether (sulfide) groups is 1. The molecule has 2 aliphatic rings. The number of fused-ring (bicyclic) bond motifs is 2. The minimum atomic E-state index is -0.453. The van der Waals surface area contributed by atoms with E-state index in [0.29, 0.717) is 47.4 Å². The van der Waals surface area contributed by atoms with Crippen molar-refractivity contribution < 1.29 is 14.3 Å². The molecule has 0 saturated carbocycles. The van der Waals surface area contributed by atoms with Crippen molar-refractivity contribution in [2.24, 2.45) is 0 Å². The fourth-order valence-electron chi connectivity index (χ4n) is 4.27. The number of nitrogens with zero attached hydrogens (tertiary/aromatic N) is 2. The average molecular weight is 467 g/mol. The predicted molar refractivity (Wildman–Crippen MR) is 126 cm³/mol. The van der Waals surface area contributed by atoms with Gasteiger partial charge in [-0.25, -0.2) is 9.59 Å². The molecule has 1 fully saturated rings. The SMILES string of the molecule is Cc1cccc2[nH]c(=O)n(CCC[C@@H]3CN(c4ccc5c(c4)NC(=O)CS5)C(=O)O3)c(=O)c12. The first kappa shape index (κ1) is 21.3. The summed E-state index contributed by atoms with van der Waals surface area (Å²) in [6.07, 6.45) is 0.209. The number of carbonyl (C=O) groups is 2. The van der Waals surface area contributed by atoms with Crippen molar-refractivity contribution >= 4 is 46.0 Å². The van der Waals surface area contributed by atoms with Crippen LogP contribution in [0, 0.1) is 6.92 Å². The van der Waals surface area contributed by atoms with E-state index < -0.39 is 11.8 Å². The molecule has 3 heterocycles. The number of ether oxygens (including phenoxy) is 1. The summed E-state index contributed by atoms with van der Waals surface area (Å²) in [5.74, 6) is 0.309. The van der Waals surface area contributed by atoms with Gasteiger partial charge in [0.1, 0.15) is 6.10 Å². The van der Waals surface area contributed by atoms with Crippen molar-refractivity contribution in [3.05, 3.63) is 62.8 Å². The van der Waals surface area contributed by atoms with Gasteiger partial charge in [-0.3, -0.25) is 19.1 Å². The van der Waals surface area contributed by atoms with Crippen molar-refractivity contribution in [1.29, 1.82) is 0 Å². The number of carbonyl (C=O) groups excluding carboxylic acids is 2. The maximum atomic E-state index is 12.8. The molecule has 0 bridgehead atoms. The monoisotopic (exact) mass is 466 g/mol. The van der Waals surface area contributed by atoms with E-state index in [1.165, 1.54) is 21.2 Å². The van der Waals surface area contributed by atoms with E-state index in [1.54, 1.807) is 18.2 Å². The van der Waals surface area contributed by atoms with Crippen LogP contribution < -0.4 is 21.5 Å². The Kier molecular flexibility index (Phi) is 5.45. The summed E-state index contributed by atoms with van der Waals surface area (Å²) >= 11 is 1.46. The van der Waals surface area contributed by atoms with Gasteiger partial charge in [0.05, 0.1) is 28.9 Å². The molecule has 1 aromatic heterocycles. The van der Waals surface area contributed by atoms with Crippen LogP contribution in [0.25, 0.3) is 10.9 Å². The van der Waals surface area contributed by atoms with Gasteiger partial charge in [-0.15, -0.1) is 11.8 Å². The molecule has 9 nitrogen and oxygen atoms in total. The zero-order chi connectivity index (χ0) is 23.1. The summed E-state index contributed by atoms with van der Waals surface area (Å²) in [7, 11) is 0. The van der Waals surface area contributed by atoms with Crippen LogP contribution in [0.3, 0.4) is 0 Å². The third kappa shape index (κ3) is 4.02. The van der Waals surface area contributed by atoms with Crippen molar-refractivity contribution in [1.82, 2.24) is 9.55 Å². The molecule has 0 unspecified atom stereocenters. The first-order valence-corrected chi connectivity index (χ1v) is 11.7. The van der Waals surface area contributed by atoms with Crippen LogP contribution in [-0.4, -0.2) is 40.0 Å². The zero-order valence-electron chi connectivity index (χ0n) is 17.9. The van der Waals surface area contributed by atoms with Gasteiger partial charge in [-0.05, 0) is 49.6 Å². The maximum Gasteiger partial charge on any atom is 0.414 e. The van der Waals surface area contributed by atoms with Gasteiger partial charge < -0.3 is 15.0 Å². The molecule has 33 heavy (non-hydrogen) atoms. The molecular formula is C23H22N4O5S. The zero-order valence-corrected chi connectivity index (χ0v) is 18.7. The van der Waals surface area contributed by atoms with Crippen molar-refractivity contribution in [2.45, 2.75) is 37.3 Å². The van der Waals surface area contributed by atoms with Gasteiger partial charge in [0.25, 0.3) is 5.56 Å². The molecule has 0 spiro atoms. The number of hydrogen-bond donors (Lipinski definition) is 2. The molecule has 2 aromatic carbocycles. The highest BCUT2D eigenvalue weighted by Gasteiger charge is 2.32. The van der Waals surface area contributed by atoms with Crippen molar-refractivity contribution in [3.63, 3.8) is 0 Å². The maximum absolute atomic E-state index is 12.8. The van der Waals surface area contributed by atoms with E-state index in [-0.39, 0.29) is 24.1 Å². The summed E-state index contributed by atoms with van der Waals surface area (Å²) in [4.78, 5) is 54.6. The van der Waals surface area contributed by atoms with Crippen molar-refractivity contribution in [3.8, 4) is 0 Å². The number of aromatic amines is 1. The number of rotatable bonds is 5. The van der Waals surface area contributed by atoms with E-state index in [1.807, 2.05) is 25.1 Å². The Labute approximate surface area is 192 Å². The number of anilines is 2. The quantitative estimate of drug-likeness (QED) is 0.598. The molecule has 2 amide bonds. The second-order valence-corrected chi connectivity index (χ2v) is 9.18. The Morgan fingerprint density at radius 3 is 2.85 bits per heavy atom. The summed E-state index contributed by atoms with van der Waals surface area (Å²) < 4.78 is 6.70. The van der Waals surface area contributed by atoms with Gasteiger partial charge in [-0.2, -0.15) is 0 Å². The topological polar surface area (TPSA) is 114 Å². The van der Waals surface area contributed by atoms with Crippen LogP contribution in [0.2, 0.25) is 0 Å². The van der Waals surface area contributed by atoms with Crippen LogP contribution in [0.1, 0.15) is 18.4 Å². The van der Waals surface area contributed by atoms with E-state index in [9.17, 15) is 19.2 Å². The normalized spacial score (nSPS) is 17.7. The van der Waals surface area contributed by atoms with Crippen LogP contribution >= 0.6 is 11.8 Å². The Balaban J connectivity index is 1.26. The molecule has 2 aliphatic heterocycles. The number of H-pyrrole nitrogens is 1. The third-order valence-electron chi connectivity index (χ3n) is 5.91. The van der Waals surface area contributed by atoms with Crippen LogP contribution in [0.15, 0.2) is 50.9 Å². The number of nitrogens with one attached hydrogen (secondary N) is 2. The lowest BCUT2D eigenvalue weighted by Gasteiger charge is -2.20. The lowest BCUT2D eigenvalue weighted by atomic mass is 10.1. The van der Waals surface area contributed by atoms with E-state index >= 15 is 0 Å². The number of benzene rings is 2. The molecule has 170 valence electrons. The van der Waals surface area contributed by atoms with Crippen LogP contribution in [-0.2, 0) is 16.1 Å². The predicted octanol–water partition coefficient (Wildman–Crippen LogP) is 2.85. The Bertz CT molecular complexity index is 1400. The van der Waals surface area contributed by atoms with Gasteiger partial charge in [0.2, 0.25) is 5.91 Å². The largest absolute Gasteiger partial charge is 0.444 e. The molecule has 5 rings (SSSR count). The fraction of sp³-hybridized carbons (Fsp3) is 0.304. The van der Waals surface area contributed by atoms with E-state index in [0.717, 1.165) is 10.5 Å². The lowest BCUT2D eigenvalue weighted by Crippen LogP contribution is -2.35. The smallest absolute Gasteiger partial charge is 0.414 e. The molecule has 2 N–H and O–H groups in total. The number of cyclic esters (lactones) is 1. The number of hydrogen-bond acceptors (Lipinski definition) is 6. The third-order valence-corrected chi connectivity index (χ3v) is 6.98. The number of aryl methyl sites for hydroxylation is 1. The first-order chi connectivity index (χ1) is 15.9. The fourth-order valence-corrected chi connectivity index (χ4v) is 5.06. The Hall–Kier alpha value is -3.53. The van der Waals surface area contributed by atoms with Gasteiger partial charge >= 0.3 is 11.8 Å².